The van der Waals surface area contributed by atoms with Crippen molar-refractivity contribution in [2.75, 3.05) is 61.7 Å². The fourth-order valence-electron chi connectivity index (χ4n) is 11.1. The summed E-state index contributed by atoms with van der Waals surface area (Å²) in [4.78, 5) is 200. The van der Waals surface area contributed by atoms with E-state index in [4.69, 9.17) is 95.6 Å². The van der Waals surface area contributed by atoms with Crippen LogP contribution in [-0.4, -0.2) is 253 Å². The third kappa shape index (κ3) is 21.6. The summed E-state index contributed by atoms with van der Waals surface area (Å²) < 4.78 is 105. The number of phosphoric acid groups is 4. The van der Waals surface area contributed by atoms with E-state index in [0.717, 1.165) is 10.9 Å². The molecule has 0 radical (unpaired) electrons. The lowest BCUT2D eigenvalue weighted by Gasteiger charge is -2.19. The quantitative estimate of drug-likeness (QED) is 0.0209. The minimum absolute atomic E-state index is 0.0181. The standard InChI is InChI=1S/C18H21N6O8P.C10H15N5O10P2S.C10H15N5O10P2.C10H14N5O7PS/c1-20-10-5-3-2-4-9(10)17(26)32-11-6-13(31-12(11)7-30-33(27,28)29)24-8-21-14-15(24)22-18(19)23-16(14)25;11-10-13-7-4(8(18)14-10)12-2-15(7)9-6(17)5(16)3(24-9)1-23-26(19,20)25-27(21,22)28;11-10-13-8-7(9(16)14-10)12-3-15(8)6-1-4(25-27(20,21)22)5(24-6)2-23-26(17,18)19;11-10-13-7-4(8(18)14-10)12-2-15(7)9-6(17)5(16)3(22-9)1-21-23(19,20)24/h2-5,8,11-13,20H,6-7H2,1H3,(H2,27,28,29)(H3,19,22,23,25);2-3,5-6,9,16-17H,1H2,(H,19,20)(H2,21,22,28)(H3,11,13,14,18);3-6H,1-2H2,(H2,17,18,19)(H2,20,21,22)(H3,11,13,14,16);2-3,5-6,9,16-17H,1H2,(H2,19,20,24)(H3,11,13,14,18). The Hall–Kier alpha value is -7.69. The number of nitrogens with zero attached hydrogens (tertiary/aromatic N) is 12. The molecule has 56 nitrogen and oxygen atoms in total. The van der Waals surface area contributed by atoms with E-state index in [2.05, 4.69) is 116 Å². The highest BCUT2D eigenvalue weighted by atomic mass is 32.5. The number of aromatic nitrogens is 16. The molecule has 0 aliphatic carbocycles. The lowest BCUT2D eigenvalue weighted by atomic mass is 10.1. The number of aromatic amines is 4. The van der Waals surface area contributed by atoms with E-state index in [1.165, 1.54) is 32.7 Å². The zero-order valence-corrected chi connectivity index (χ0v) is 63.0. The molecule has 15 atom stereocenters. The summed E-state index contributed by atoms with van der Waals surface area (Å²) in [6.07, 6.45) is -12.3. The van der Waals surface area contributed by atoms with Gasteiger partial charge in [-0.15, -0.1) is 0 Å². The van der Waals surface area contributed by atoms with Crippen LogP contribution in [0, 0.1) is 0 Å². The number of para-hydroxylation sites is 1. The first-order valence-corrected chi connectivity index (χ1v) is 42.3. The normalized spacial score (nSPS) is 24.8. The van der Waals surface area contributed by atoms with Crippen LogP contribution in [0.3, 0.4) is 0 Å². The monoisotopic (exact) mass is 1750 g/mol. The minimum Gasteiger partial charge on any atom is -0.456 e. The number of nitrogen functional groups attached to an aromatic ring is 4. The molecule has 13 rings (SSSR count). The lowest BCUT2D eigenvalue weighted by Crippen LogP contribution is -2.33. The molecular formula is C48H65N21O35P6S2. The highest BCUT2D eigenvalue weighted by Crippen LogP contribution is 2.58. The molecule has 0 saturated carbocycles. The molecule has 1 aromatic carbocycles. The number of anilines is 5. The Labute approximate surface area is 629 Å². The van der Waals surface area contributed by atoms with Crippen LogP contribution in [0.15, 0.2) is 68.8 Å². The van der Waals surface area contributed by atoms with Crippen molar-refractivity contribution in [1.82, 2.24) is 78.1 Å². The molecule has 0 spiro atoms. The van der Waals surface area contributed by atoms with Gasteiger partial charge in [-0.25, -0.2) is 47.3 Å². The third-order valence-electron chi connectivity index (χ3n) is 15.8. The third-order valence-corrected chi connectivity index (χ3v) is 20.9. The van der Waals surface area contributed by atoms with Gasteiger partial charge in [-0.2, -0.15) is 19.9 Å². The van der Waals surface area contributed by atoms with Crippen LogP contribution in [0.2, 0.25) is 0 Å². The zero-order chi connectivity index (χ0) is 82.2. The predicted molar refractivity (Wildman–Crippen MR) is 378 cm³/mol. The lowest BCUT2D eigenvalue weighted by molar-refractivity contribution is -0.0502. The summed E-state index contributed by atoms with van der Waals surface area (Å²) in [6, 6.07) is 6.69. The first-order valence-electron chi connectivity index (χ1n) is 30.9. The second-order valence-electron chi connectivity index (χ2n) is 23.5. The Morgan fingerprint density at radius 2 is 0.857 bits per heavy atom. The number of aliphatic hydroxyl groups excluding tert-OH is 4. The van der Waals surface area contributed by atoms with Gasteiger partial charge in [0.2, 0.25) is 23.8 Å². The van der Waals surface area contributed by atoms with Crippen LogP contribution in [0.25, 0.3) is 44.7 Å². The van der Waals surface area contributed by atoms with E-state index in [1.807, 2.05) is 0 Å². The van der Waals surface area contributed by atoms with Gasteiger partial charge in [0, 0.05) is 25.6 Å². The van der Waals surface area contributed by atoms with Crippen molar-refractivity contribution in [2.45, 2.75) is 98.8 Å². The van der Waals surface area contributed by atoms with Gasteiger partial charge in [-0.05, 0) is 35.7 Å². The van der Waals surface area contributed by atoms with Gasteiger partial charge in [0.05, 0.1) is 57.3 Å². The van der Waals surface area contributed by atoms with Crippen molar-refractivity contribution in [1.29, 1.82) is 0 Å². The average molecular weight is 1750 g/mol. The van der Waals surface area contributed by atoms with E-state index in [-0.39, 0.29) is 86.9 Å². The zero-order valence-electron chi connectivity index (χ0n) is 56.0. The molecule has 4 fully saturated rings. The highest BCUT2D eigenvalue weighted by molar-refractivity contribution is 8.08. The summed E-state index contributed by atoms with van der Waals surface area (Å²) >= 11 is 8.39. The molecule has 28 N–H and O–H groups in total. The SMILES string of the molecule is CNc1ccccc1C(=O)OC1CC(n2cnc3c(=O)[nH]c(N)nc32)OC1COP(=O)(O)O.Nc1nc2c(ncn2C2CC(OP(=O)(O)O)C(COP(=O)(O)O)O2)c(=O)[nH]1.Nc1nc2c(ncn2C2OC(COP(=O)(O)OP(O)(O)=S)C(O)C2O)c(=O)[nH]1.Nc1nc2c(ncn2C2OC(COP(O)(O)=S)C(O)C2O)c(=O)[nH]1. The van der Waals surface area contributed by atoms with Crippen LogP contribution in [-0.2, 0) is 92.5 Å². The molecule has 0 bridgehead atoms. The number of hydrogen-bond acceptors (Lipinski definition) is 39. The van der Waals surface area contributed by atoms with E-state index >= 15 is 0 Å². The molecule has 4 saturated heterocycles. The van der Waals surface area contributed by atoms with Crippen LogP contribution < -0.4 is 50.5 Å². The molecular weight excluding hydrogens is 1680 g/mol. The number of nitrogens with two attached hydrogens (primary N) is 4. The van der Waals surface area contributed by atoms with Gasteiger partial charge in [0.15, 0.2) is 57.1 Å². The maximum absolute atomic E-state index is 12.8. The van der Waals surface area contributed by atoms with E-state index < -0.39 is 185 Å². The van der Waals surface area contributed by atoms with Gasteiger partial charge in [-0.3, -0.25) is 75.5 Å². The Morgan fingerprint density at radius 3 is 1.23 bits per heavy atom. The molecule has 614 valence electrons. The number of hydrogen-bond donors (Lipinski definition) is 24. The molecule has 4 aliphatic rings. The number of imidazole rings is 4. The number of rotatable bonds is 23. The molecule has 9 aromatic rings. The van der Waals surface area contributed by atoms with Crippen molar-refractivity contribution in [3.8, 4) is 0 Å². The van der Waals surface area contributed by atoms with Crippen molar-refractivity contribution < 1.29 is 148 Å². The Balaban J connectivity index is 0.000000159. The summed E-state index contributed by atoms with van der Waals surface area (Å²) in [7, 11) is -17.9. The van der Waals surface area contributed by atoms with Gasteiger partial charge >= 0.3 is 50.7 Å². The molecule has 12 heterocycles. The summed E-state index contributed by atoms with van der Waals surface area (Å²) in [6.45, 7) is -10.9. The number of benzene rings is 1. The summed E-state index contributed by atoms with van der Waals surface area (Å²) in [5.41, 5.74) is 20.7. The van der Waals surface area contributed by atoms with Gasteiger partial charge in [-0.1, -0.05) is 12.1 Å². The fraction of sp³-hybridized carbons (Fsp3) is 0.438. The van der Waals surface area contributed by atoms with Crippen molar-refractivity contribution >= 4 is 148 Å². The highest BCUT2D eigenvalue weighted by Gasteiger charge is 2.49. The number of aliphatic hydroxyl groups is 4. The fourth-order valence-corrected chi connectivity index (χ4v) is 15.3. The van der Waals surface area contributed by atoms with E-state index in [9.17, 15) is 67.6 Å². The summed E-state index contributed by atoms with van der Waals surface area (Å²) in [5.74, 6) is -1.33. The van der Waals surface area contributed by atoms with Crippen molar-refractivity contribution in [2.24, 2.45) is 0 Å². The Bertz CT molecular complexity index is 5510. The minimum atomic E-state index is -4.97. The number of H-pyrrole nitrogens is 4. The molecule has 15 unspecified atom stereocenters. The number of esters is 1. The van der Waals surface area contributed by atoms with Crippen molar-refractivity contribution in [3.63, 3.8) is 0 Å². The second kappa shape index (κ2) is 34.4. The smallest absolute Gasteiger partial charge is 0.456 e. The predicted octanol–water partition coefficient (Wildman–Crippen LogP) is -5.85. The topological polar surface area (TPSA) is 861 Å². The maximum atomic E-state index is 12.8. The van der Waals surface area contributed by atoms with E-state index in [0.29, 0.717) is 5.69 Å². The first-order chi connectivity index (χ1) is 52.1. The van der Waals surface area contributed by atoms with Gasteiger partial charge in [0.1, 0.15) is 73.5 Å². The Kier molecular flexibility index (Phi) is 26.6. The largest absolute Gasteiger partial charge is 0.479 e. The Morgan fingerprint density at radius 1 is 0.500 bits per heavy atom. The molecule has 112 heavy (non-hydrogen) atoms. The molecule has 4 aliphatic heterocycles. The number of nitrogens with one attached hydrogen (secondary N) is 5. The van der Waals surface area contributed by atoms with E-state index in [1.54, 1.807) is 31.3 Å². The van der Waals surface area contributed by atoms with Crippen LogP contribution in [0.4, 0.5) is 29.5 Å². The number of fused-ring (bicyclic) bond motifs is 4. The van der Waals surface area contributed by atoms with Crippen LogP contribution in [0.5, 0.6) is 0 Å². The van der Waals surface area contributed by atoms with Gasteiger partial charge < -0.3 is 131 Å². The number of carbonyl (C=O) groups excluding carboxylic acids is 1. The maximum Gasteiger partial charge on any atom is 0.479 e. The molecule has 8 aromatic heterocycles. The average Bonchev–Trinajstić information content (AvgIpc) is 1.63. The number of phosphoric ester groups is 4. The molecule has 64 heteroatoms. The first kappa shape index (κ1) is 86.7. The summed E-state index contributed by atoms with van der Waals surface area (Å²) in [5, 5.41) is 43.4. The van der Waals surface area contributed by atoms with Crippen LogP contribution in [0.1, 0.15) is 48.1 Å². The van der Waals surface area contributed by atoms with Gasteiger partial charge in [0.25, 0.3) is 22.2 Å². The second-order valence-corrected chi connectivity index (χ2v) is 34.1. The van der Waals surface area contributed by atoms with Crippen molar-refractivity contribution in [3.05, 3.63) is 96.6 Å². The molecule has 0 amide bonds. The number of ether oxygens (including phenoxy) is 5. The number of carbonyl (C=O) groups is 1. The van der Waals surface area contributed by atoms with Crippen LogP contribution >= 0.6 is 44.7 Å².